The number of nitrogen functional groups attached to an aromatic ring is 2. The van der Waals surface area contributed by atoms with Crippen LogP contribution in [0.2, 0.25) is 0 Å². The van der Waals surface area contributed by atoms with E-state index in [9.17, 15) is 32.3 Å². The first kappa shape index (κ1) is 28.0. The predicted molar refractivity (Wildman–Crippen MR) is 133 cm³/mol. The molecule has 0 amide bonds. The summed E-state index contributed by atoms with van der Waals surface area (Å²) in [5.74, 6) is -2.34. The molecule has 3 aromatic carbocycles. The van der Waals surface area contributed by atoms with Crippen molar-refractivity contribution in [3.63, 3.8) is 0 Å². The zero-order chi connectivity index (χ0) is 27.9. The molecule has 0 atom stereocenters. The van der Waals surface area contributed by atoms with E-state index < -0.39 is 30.2 Å². The number of benzene rings is 3. The summed E-state index contributed by atoms with van der Waals surface area (Å²) < 4.78 is 59.7. The van der Waals surface area contributed by atoms with Crippen LogP contribution >= 0.6 is 0 Å². The van der Waals surface area contributed by atoms with Crippen LogP contribution < -0.4 is 20.9 Å². The van der Waals surface area contributed by atoms with Gasteiger partial charge in [-0.1, -0.05) is 12.1 Å². The van der Waals surface area contributed by atoms with Crippen molar-refractivity contribution in [3.8, 4) is 11.5 Å². The van der Waals surface area contributed by atoms with Crippen molar-refractivity contribution in [2.24, 2.45) is 0 Å². The van der Waals surface area contributed by atoms with Gasteiger partial charge in [-0.25, -0.2) is 9.59 Å². The monoisotopic (exact) mass is 532 g/mol. The average molecular weight is 532 g/mol. The summed E-state index contributed by atoms with van der Waals surface area (Å²) in [6.07, 6.45) is -5.87. The number of esters is 1. The van der Waals surface area contributed by atoms with Gasteiger partial charge in [0.1, 0.15) is 11.5 Å². The number of carbonyl (C=O) groups is 2. The van der Waals surface area contributed by atoms with E-state index in [0.717, 1.165) is 35.9 Å². The molecule has 3 aromatic rings. The maximum atomic E-state index is 13.0. The van der Waals surface area contributed by atoms with Crippen molar-refractivity contribution in [1.29, 1.82) is 0 Å². The molecule has 0 heterocycles. The van der Waals surface area contributed by atoms with Crippen molar-refractivity contribution in [2.75, 3.05) is 11.5 Å². The minimum absolute atomic E-state index is 0.0320. The summed E-state index contributed by atoms with van der Waals surface area (Å²) in [6.45, 7) is 0. The molecule has 3 rings (SSSR count). The number of hydrogen-bond donors (Lipinski definition) is 3. The van der Waals surface area contributed by atoms with Gasteiger partial charge in [-0.3, -0.25) is 0 Å². The van der Waals surface area contributed by atoms with Crippen molar-refractivity contribution >= 4 is 28.9 Å². The summed E-state index contributed by atoms with van der Waals surface area (Å²) in [5, 5.41) is 9.28. The number of nitrogens with two attached hydrogens (primary N) is 2. The molecule has 0 bridgehead atoms. The summed E-state index contributed by atoms with van der Waals surface area (Å²) in [7, 11) is 0. The minimum atomic E-state index is -4.67. The van der Waals surface area contributed by atoms with Crippen molar-refractivity contribution in [2.45, 2.75) is 31.8 Å². The summed E-state index contributed by atoms with van der Waals surface area (Å²) >= 11 is 0. The molecule has 5 N–H and O–H groups in total. The number of aliphatic carboxylic acids is 1. The first-order valence-corrected chi connectivity index (χ1v) is 11.3. The van der Waals surface area contributed by atoms with Crippen LogP contribution in [0.3, 0.4) is 0 Å². The highest BCUT2D eigenvalue weighted by atomic mass is 19.3. The second-order valence-corrected chi connectivity index (χ2v) is 8.27. The molecule has 38 heavy (non-hydrogen) atoms. The SMILES string of the molecule is Nc1cc(N)cc(CCC/C(=C\C(=O)O)c2ccc(OC(=O)c3ccc(OC(F)(F)C(F)F)cc3)cc2)c1. The van der Waals surface area contributed by atoms with Crippen molar-refractivity contribution < 1.29 is 41.7 Å². The van der Waals surface area contributed by atoms with E-state index in [1.807, 2.05) is 0 Å². The largest absolute Gasteiger partial charge is 0.478 e. The Morgan fingerprint density at radius 3 is 2.00 bits per heavy atom. The third-order valence-electron chi connectivity index (χ3n) is 5.28. The number of alkyl halides is 4. The number of hydrogen-bond acceptors (Lipinski definition) is 6. The quantitative estimate of drug-likeness (QED) is 0.0937. The summed E-state index contributed by atoms with van der Waals surface area (Å²) in [5.41, 5.74) is 14.8. The Kier molecular flexibility index (Phi) is 8.95. The lowest BCUT2D eigenvalue weighted by Crippen LogP contribution is -2.33. The Bertz CT molecular complexity index is 1290. The molecule has 0 unspecified atom stereocenters. The van der Waals surface area contributed by atoms with Crippen molar-refractivity contribution in [3.05, 3.63) is 89.5 Å². The molecule has 0 aromatic heterocycles. The van der Waals surface area contributed by atoms with Crippen LogP contribution in [0.15, 0.2) is 72.8 Å². The lowest BCUT2D eigenvalue weighted by Gasteiger charge is -2.16. The maximum Gasteiger partial charge on any atom is 0.461 e. The van der Waals surface area contributed by atoms with Gasteiger partial charge in [-0.05, 0) is 90.6 Å². The average Bonchev–Trinajstić information content (AvgIpc) is 2.83. The van der Waals surface area contributed by atoms with E-state index in [1.54, 1.807) is 30.3 Å². The van der Waals surface area contributed by atoms with Gasteiger partial charge in [0.2, 0.25) is 0 Å². The number of carboxylic acids is 1. The molecule has 200 valence electrons. The lowest BCUT2D eigenvalue weighted by atomic mass is 9.97. The van der Waals surface area contributed by atoms with E-state index in [2.05, 4.69) is 4.74 Å². The Morgan fingerprint density at radius 1 is 0.895 bits per heavy atom. The summed E-state index contributed by atoms with van der Waals surface area (Å²) in [4.78, 5) is 23.7. The van der Waals surface area contributed by atoms with Gasteiger partial charge in [0.05, 0.1) is 5.56 Å². The third kappa shape index (κ3) is 7.99. The van der Waals surface area contributed by atoms with E-state index in [4.69, 9.17) is 16.2 Å². The number of halogens is 4. The number of carboxylic acid groups (broad SMARTS) is 1. The number of carbonyl (C=O) groups excluding carboxylic acids is 1. The van der Waals surface area contributed by atoms with Crippen LogP contribution in [0.1, 0.15) is 34.3 Å². The lowest BCUT2D eigenvalue weighted by molar-refractivity contribution is -0.253. The number of allylic oxidation sites excluding steroid dienone is 1. The Morgan fingerprint density at radius 2 is 1.45 bits per heavy atom. The third-order valence-corrected chi connectivity index (χ3v) is 5.28. The highest BCUT2D eigenvalue weighted by Crippen LogP contribution is 2.28. The Balaban J connectivity index is 1.63. The van der Waals surface area contributed by atoms with Crippen molar-refractivity contribution in [1.82, 2.24) is 0 Å². The second kappa shape index (κ2) is 12.1. The van der Waals surface area contributed by atoms with Crippen LogP contribution in [-0.4, -0.2) is 29.6 Å². The molecule has 0 aliphatic carbocycles. The van der Waals surface area contributed by atoms with Gasteiger partial charge in [0.15, 0.2) is 0 Å². The molecule has 0 aliphatic rings. The first-order valence-electron chi connectivity index (χ1n) is 11.3. The molecule has 0 spiro atoms. The second-order valence-electron chi connectivity index (χ2n) is 8.27. The normalized spacial score (nSPS) is 11.9. The molecule has 7 nitrogen and oxygen atoms in total. The Labute approximate surface area is 215 Å². The number of rotatable bonds is 11. The topological polar surface area (TPSA) is 125 Å². The highest BCUT2D eigenvalue weighted by molar-refractivity contribution is 5.92. The number of ether oxygens (including phenoxy) is 2. The van der Waals surface area contributed by atoms with Gasteiger partial charge in [-0.15, -0.1) is 0 Å². The predicted octanol–water partition coefficient (Wildman–Crippen LogP) is 5.80. The first-order chi connectivity index (χ1) is 17.9. The zero-order valence-corrected chi connectivity index (χ0v) is 19.9. The molecule has 0 saturated carbocycles. The molecule has 0 aliphatic heterocycles. The molecular formula is C27H24F4N2O5. The maximum absolute atomic E-state index is 13.0. The van der Waals surface area contributed by atoms with Crippen LogP contribution in [0, 0.1) is 0 Å². The van der Waals surface area contributed by atoms with Crippen LogP contribution in [0.4, 0.5) is 28.9 Å². The number of anilines is 2. The fourth-order valence-electron chi connectivity index (χ4n) is 3.59. The van der Waals surface area contributed by atoms with E-state index in [1.165, 1.54) is 12.1 Å². The van der Waals surface area contributed by atoms with Gasteiger partial charge < -0.3 is 26.0 Å². The van der Waals surface area contributed by atoms with E-state index >= 15 is 0 Å². The van der Waals surface area contributed by atoms with Crippen LogP contribution in [0.25, 0.3) is 5.57 Å². The van der Waals surface area contributed by atoms with Gasteiger partial charge in [-0.2, -0.15) is 17.6 Å². The van der Waals surface area contributed by atoms with E-state index in [-0.39, 0.29) is 11.3 Å². The molecule has 0 saturated heterocycles. The zero-order valence-electron chi connectivity index (χ0n) is 19.9. The standard InChI is InChI=1S/C27H24F4N2O5/c28-26(29)27(30,31)38-23-10-6-18(7-11-23)25(36)37-22-8-4-17(5-9-22)19(14-24(34)35)3-1-2-16-12-20(32)15-21(33)13-16/h4-15,26H,1-3,32-33H2,(H,34,35)/b19-14+. The minimum Gasteiger partial charge on any atom is -0.478 e. The molecule has 11 heteroatoms. The molecule has 0 fully saturated rings. The highest BCUT2D eigenvalue weighted by Gasteiger charge is 2.43. The fraction of sp³-hybridized carbons (Fsp3) is 0.185. The van der Waals surface area contributed by atoms with Crippen LogP contribution in [-0.2, 0) is 11.2 Å². The van der Waals surface area contributed by atoms with Crippen LogP contribution in [0.5, 0.6) is 11.5 Å². The van der Waals surface area contributed by atoms with Gasteiger partial charge in [0, 0.05) is 17.5 Å². The Hall–Kier alpha value is -4.54. The summed E-state index contributed by atoms with van der Waals surface area (Å²) in [6, 6.07) is 15.5. The fourth-order valence-corrected chi connectivity index (χ4v) is 3.59. The van der Waals surface area contributed by atoms with Gasteiger partial charge >= 0.3 is 24.5 Å². The van der Waals surface area contributed by atoms with Gasteiger partial charge in [0.25, 0.3) is 0 Å². The smallest absolute Gasteiger partial charge is 0.461 e. The number of aryl methyl sites for hydroxylation is 1. The molecule has 0 radical (unpaired) electrons. The van der Waals surface area contributed by atoms with E-state index in [0.29, 0.717) is 41.8 Å². The molecular weight excluding hydrogens is 508 g/mol.